The summed E-state index contributed by atoms with van der Waals surface area (Å²) in [5.41, 5.74) is 3.96. The van der Waals surface area contributed by atoms with Crippen LogP contribution in [0, 0.1) is 23.0 Å². The number of halogens is 3. The molecule has 29 heavy (non-hydrogen) atoms. The smallest absolute Gasteiger partial charge is 0.261 e. The van der Waals surface area contributed by atoms with Crippen molar-refractivity contribution in [2.24, 2.45) is 0 Å². The number of rotatable bonds is 3. The number of thiocarbonyl (C=S) groups is 1. The van der Waals surface area contributed by atoms with Crippen molar-refractivity contribution < 1.29 is 13.5 Å². The minimum absolute atomic E-state index is 0.181. The first kappa shape index (κ1) is 19.3. The lowest BCUT2D eigenvalue weighted by molar-refractivity contribution is 0.193. The van der Waals surface area contributed by atoms with E-state index in [0.29, 0.717) is 27.4 Å². The first-order valence-electron chi connectivity index (χ1n) is 8.71. The summed E-state index contributed by atoms with van der Waals surface area (Å²) in [5, 5.41) is 12.8. The maximum Gasteiger partial charge on any atom is 0.261 e. The molecule has 0 bridgehead atoms. The molecule has 1 aliphatic rings. The SMILES string of the molecule is N#Cc1cccc(-c2ccc3c(c2Cl)C(Cc2ccc(F)c(F)c2)OC(=S)N3)c1. The van der Waals surface area contributed by atoms with E-state index >= 15 is 0 Å². The van der Waals surface area contributed by atoms with Crippen LogP contribution in [0.5, 0.6) is 0 Å². The van der Waals surface area contributed by atoms with Crippen molar-refractivity contribution >= 4 is 34.7 Å². The molecule has 7 heteroatoms. The molecule has 0 aliphatic carbocycles. The second-order valence-corrected chi connectivity index (χ2v) is 7.30. The summed E-state index contributed by atoms with van der Waals surface area (Å²) in [6.07, 6.45) is -0.317. The number of hydrogen-bond donors (Lipinski definition) is 1. The molecule has 1 N–H and O–H groups in total. The summed E-state index contributed by atoms with van der Waals surface area (Å²) in [4.78, 5) is 0. The molecule has 144 valence electrons. The van der Waals surface area contributed by atoms with Gasteiger partial charge in [-0.25, -0.2) is 8.78 Å². The van der Waals surface area contributed by atoms with Crippen LogP contribution in [0.3, 0.4) is 0 Å². The van der Waals surface area contributed by atoms with E-state index in [2.05, 4.69) is 11.4 Å². The average molecular weight is 427 g/mol. The third kappa shape index (κ3) is 3.80. The van der Waals surface area contributed by atoms with Crippen LogP contribution in [0.4, 0.5) is 14.5 Å². The summed E-state index contributed by atoms with van der Waals surface area (Å²) in [6.45, 7) is 0. The Balaban J connectivity index is 1.78. The van der Waals surface area contributed by atoms with Crippen molar-refractivity contribution in [3.63, 3.8) is 0 Å². The predicted octanol–water partition coefficient (Wildman–Crippen LogP) is 6.17. The first-order chi connectivity index (χ1) is 14.0. The van der Waals surface area contributed by atoms with Crippen LogP contribution in [-0.2, 0) is 11.2 Å². The van der Waals surface area contributed by atoms with Gasteiger partial charge in [0.1, 0.15) is 6.10 Å². The fourth-order valence-corrected chi connectivity index (χ4v) is 3.97. The number of benzene rings is 3. The molecule has 0 aromatic heterocycles. The van der Waals surface area contributed by atoms with Crippen LogP contribution in [0.2, 0.25) is 5.02 Å². The van der Waals surface area contributed by atoms with E-state index in [9.17, 15) is 8.78 Å². The maximum atomic E-state index is 13.6. The number of nitrogens with one attached hydrogen (secondary N) is 1. The van der Waals surface area contributed by atoms with Gasteiger partial charge in [-0.2, -0.15) is 5.26 Å². The van der Waals surface area contributed by atoms with E-state index in [-0.39, 0.29) is 11.6 Å². The number of anilines is 1. The molecular weight excluding hydrogens is 414 g/mol. The van der Waals surface area contributed by atoms with Gasteiger partial charge in [-0.3, -0.25) is 0 Å². The molecule has 0 fully saturated rings. The first-order valence-corrected chi connectivity index (χ1v) is 9.49. The van der Waals surface area contributed by atoms with E-state index in [1.165, 1.54) is 6.07 Å². The molecule has 0 radical (unpaired) electrons. The fraction of sp³-hybridized carbons (Fsp3) is 0.0909. The van der Waals surface area contributed by atoms with Gasteiger partial charge < -0.3 is 10.1 Å². The second-order valence-electron chi connectivity index (χ2n) is 6.55. The van der Waals surface area contributed by atoms with Crippen LogP contribution in [0.1, 0.15) is 22.8 Å². The minimum atomic E-state index is -0.924. The standard InChI is InChI=1S/C22H13ClF2N2OS/c23-21-15(14-3-1-2-13(8-14)11-26)5-7-18-20(21)19(28-22(29)27-18)10-12-4-6-16(24)17(25)9-12/h1-9,19H,10H2,(H,27,29). The van der Waals surface area contributed by atoms with Crippen molar-refractivity contribution in [1.29, 1.82) is 5.26 Å². The highest BCUT2D eigenvalue weighted by molar-refractivity contribution is 7.80. The van der Waals surface area contributed by atoms with E-state index in [1.807, 2.05) is 18.2 Å². The third-order valence-corrected chi connectivity index (χ3v) is 5.30. The Hall–Kier alpha value is -3.01. The molecular formula is C22H13ClF2N2OS. The van der Waals surface area contributed by atoms with Gasteiger partial charge in [-0.15, -0.1) is 0 Å². The van der Waals surface area contributed by atoms with Crippen LogP contribution in [0.15, 0.2) is 54.6 Å². The molecule has 3 aromatic rings. The fourth-order valence-electron chi connectivity index (χ4n) is 3.35. The number of ether oxygens (including phenoxy) is 1. The Kier molecular flexibility index (Phi) is 5.18. The molecule has 1 atom stereocenters. The highest BCUT2D eigenvalue weighted by Crippen LogP contribution is 2.43. The monoisotopic (exact) mass is 426 g/mol. The van der Waals surface area contributed by atoms with E-state index < -0.39 is 17.7 Å². The van der Waals surface area contributed by atoms with Crippen molar-refractivity contribution in [2.45, 2.75) is 12.5 Å². The highest BCUT2D eigenvalue weighted by Gasteiger charge is 2.29. The molecule has 4 rings (SSSR count). The van der Waals surface area contributed by atoms with Crippen LogP contribution >= 0.6 is 23.8 Å². The molecule has 1 unspecified atom stereocenters. The molecule has 1 aliphatic heterocycles. The Labute approximate surface area is 176 Å². The molecule has 0 spiro atoms. The van der Waals surface area contributed by atoms with Gasteiger partial charge in [0.2, 0.25) is 0 Å². The lowest BCUT2D eigenvalue weighted by Crippen LogP contribution is -2.26. The van der Waals surface area contributed by atoms with Gasteiger partial charge >= 0.3 is 0 Å². The van der Waals surface area contributed by atoms with Gasteiger partial charge in [-0.05, 0) is 53.7 Å². The molecule has 0 saturated carbocycles. The zero-order valence-corrected chi connectivity index (χ0v) is 16.5. The van der Waals surface area contributed by atoms with Gasteiger partial charge in [-0.1, -0.05) is 35.9 Å². The lowest BCUT2D eigenvalue weighted by atomic mass is 9.94. The molecule has 3 nitrogen and oxygen atoms in total. The van der Waals surface area contributed by atoms with Crippen LogP contribution in [0.25, 0.3) is 11.1 Å². The Morgan fingerprint density at radius 3 is 2.69 bits per heavy atom. The van der Waals surface area contributed by atoms with E-state index in [4.69, 9.17) is 33.8 Å². The molecule has 3 aromatic carbocycles. The zero-order valence-electron chi connectivity index (χ0n) is 14.9. The Morgan fingerprint density at radius 1 is 1.10 bits per heavy atom. The van der Waals surface area contributed by atoms with E-state index in [0.717, 1.165) is 23.3 Å². The van der Waals surface area contributed by atoms with Crippen molar-refractivity contribution in [3.05, 3.63) is 87.9 Å². The second kappa shape index (κ2) is 7.78. The minimum Gasteiger partial charge on any atom is -0.462 e. The summed E-state index contributed by atoms with van der Waals surface area (Å²) in [5.74, 6) is -1.83. The Morgan fingerprint density at radius 2 is 1.93 bits per heavy atom. The van der Waals surface area contributed by atoms with Gasteiger partial charge in [0.05, 0.1) is 22.3 Å². The zero-order chi connectivity index (χ0) is 20.5. The number of nitrogens with zero attached hydrogens (tertiary/aromatic N) is 1. The van der Waals surface area contributed by atoms with Crippen LogP contribution < -0.4 is 5.32 Å². The molecule has 0 saturated heterocycles. The lowest BCUT2D eigenvalue weighted by Gasteiger charge is -2.30. The summed E-state index contributed by atoms with van der Waals surface area (Å²) in [7, 11) is 0. The highest BCUT2D eigenvalue weighted by atomic mass is 35.5. The Bertz CT molecular complexity index is 1180. The topological polar surface area (TPSA) is 45.0 Å². The van der Waals surface area contributed by atoms with Crippen molar-refractivity contribution in [2.75, 3.05) is 5.32 Å². The largest absolute Gasteiger partial charge is 0.462 e. The predicted molar refractivity (Wildman–Crippen MR) is 112 cm³/mol. The number of nitriles is 1. The maximum absolute atomic E-state index is 13.6. The molecule has 1 heterocycles. The van der Waals surface area contributed by atoms with E-state index in [1.54, 1.807) is 18.2 Å². The van der Waals surface area contributed by atoms with Gasteiger partial charge in [0, 0.05) is 17.5 Å². The van der Waals surface area contributed by atoms with Gasteiger partial charge in [0.25, 0.3) is 5.17 Å². The summed E-state index contributed by atoms with van der Waals surface area (Å²) >= 11 is 11.9. The molecule has 0 amide bonds. The van der Waals surface area contributed by atoms with Crippen molar-refractivity contribution in [3.8, 4) is 17.2 Å². The van der Waals surface area contributed by atoms with Crippen LogP contribution in [-0.4, -0.2) is 5.17 Å². The summed E-state index contributed by atoms with van der Waals surface area (Å²) in [6, 6.07) is 16.6. The van der Waals surface area contributed by atoms with Crippen molar-refractivity contribution in [1.82, 2.24) is 0 Å². The van der Waals surface area contributed by atoms with Gasteiger partial charge in [0.15, 0.2) is 11.6 Å². The average Bonchev–Trinajstić information content (AvgIpc) is 2.70. The normalized spacial score (nSPS) is 15.1. The third-order valence-electron chi connectivity index (χ3n) is 4.70. The number of hydrogen-bond acceptors (Lipinski definition) is 3. The quantitative estimate of drug-likeness (QED) is 0.509. The summed E-state index contributed by atoms with van der Waals surface area (Å²) < 4.78 is 32.7. The number of fused-ring (bicyclic) bond motifs is 1.